The van der Waals surface area contributed by atoms with Crippen molar-refractivity contribution < 1.29 is 43.5 Å². The van der Waals surface area contributed by atoms with E-state index < -0.39 is 89.6 Å². The number of amides is 7. The Kier molecular flexibility index (Phi) is 31.8. The van der Waals surface area contributed by atoms with Crippen molar-refractivity contribution in [1.29, 1.82) is 0 Å². The first kappa shape index (κ1) is 59.3. The van der Waals surface area contributed by atoms with Gasteiger partial charge in [-0.3, -0.25) is 33.6 Å². The molecule has 0 radical (unpaired) electrons. The Morgan fingerprint density at radius 1 is 0.429 bits per heavy atom. The maximum absolute atomic E-state index is 14.1. The van der Waals surface area contributed by atoms with Gasteiger partial charge in [0.1, 0.15) is 42.3 Å². The highest BCUT2D eigenvalue weighted by atomic mass is 32.2. The number of nitrogens with two attached hydrogens (primary N) is 3. The van der Waals surface area contributed by atoms with Crippen molar-refractivity contribution >= 4 is 70.8 Å². The molecule has 0 rings (SSSR count). The second kappa shape index (κ2) is 33.8. The third-order valence-corrected chi connectivity index (χ3v) is 11.1. The van der Waals surface area contributed by atoms with Gasteiger partial charge in [0.15, 0.2) is 0 Å². The van der Waals surface area contributed by atoms with Gasteiger partial charge in [0.25, 0.3) is 0 Å². The summed E-state index contributed by atoms with van der Waals surface area (Å²) in [6, 6.07) is -7.64. The van der Waals surface area contributed by atoms with Gasteiger partial charge in [-0.15, -0.1) is 0 Å². The molecule has 0 fully saturated rings. The molecule has 364 valence electrons. The Bertz CT molecular complexity index is 1430. The predicted molar refractivity (Wildman–Crippen MR) is 250 cm³/mol. The van der Waals surface area contributed by atoms with Crippen molar-refractivity contribution in [1.82, 2.24) is 37.2 Å². The Balaban J connectivity index is 6.45. The highest BCUT2D eigenvalue weighted by Crippen LogP contribution is 2.14. The molecule has 0 aromatic rings. The maximum Gasteiger partial charge on any atom is 0.326 e. The molecule has 0 aliphatic carbocycles. The largest absolute Gasteiger partial charge is 0.480 e. The van der Waals surface area contributed by atoms with E-state index in [0.29, 0.717) is 56.7 Å². The van der Waals surface area contributed by atoms with Crippen molar-refractivity contribution in [2.45, 2.75) is 154 Å². The monoisotopic (exact) mass is 933 g/mol. The number of nitrogens with one attached hydrogen (secondary N) is 7. The summed E-state index contributed by atoms with van der Waals surface area (Å²) in [5.74, 6) is -4.72. The molecule has 0 bridgehead atoms. The fourth-order valence-corrected chi connectivity index (χ4v) is 7.46. The van der Waals surface area contributed by atoms with Crippen LogP contribution in [0.1, 0.15) is 112 Å². The number of aliphatic carboxylic acids is 1. The van der Waals surface area contributed by atoms with Gasteiger partial charge in [-0.1, -0.05) is 41.5 Å². The van der Waals surface area contributed by atoms with Gasteiger partial charge in [-0.2, -0.15) is 23.5 Å². The van der Waals surface area contributed by atoms with Crippen LogP contribution in [-0.2, 0) is 38.4 Å². The maximum atomic E-state index is 14.1. The van der Waals surface area contributed by atoms with Gasteiger partial charge in [-0.05, 0) is 125 Å². The number of carboxylic acid groups (broad SMARTS) is 1. The second-order valence-electron chi connectivity index (χ2n) is 17.1. The zero-order valence-corrected chi connectivity index (χ0v) is 40.5. The Hall–Kier alpha value is -3.66. The third kappa shape index (κ3) is 26.0. The van der Waals surface area contributed by atoms with Crippen LogP contribution in [0.15, 0.2) is 0 Å². The third-order valence-electron chi connectivity index (χ3n) is 9.85. The van der Waals surface area contributed by atoms with Crippen molar-refractivity contribution in [3.8, 4) is 0 Å². The van der Waals surface area contributed by atoms with Gasteiger partial charge < -0.3 is 59.5 Å². The highest BCUT2D eigenvalue weighted by molar-refractivity contribution is 7.98. The van der Waals surface area contributed by atoms with Crippen LogP contribution in [0.5, 0.6) is 0 Å². The second-order valence-corrected chi connectivity index (χ2v) is 19.0. The van der Waals surface area contributed by atoms with E-state index in [2.05, 4.69) is 37.2 Å². The van der Waals surface area contributed by atoms with Gasteiger partial charge >= 0.3 is 5.97 Å². The molecule has 0 aromatic heterocycles. The fraction of sp³-hybridized carbons (Fsp3) is 0.810. The molecular formula is C42H80N10O9S2. The number of unbranched alkanes of at least 4 members (excludes halogenated alkanes) is 2. The molecule has 0 aliphatic rings. The van der Waals surface area contributed by atoms with Crippen LogP contribution < -0.4 is 54.4 Å². The molecule has 19 nitrogen and oxygen atoms in total. The Morgan fingerprint density at radius 3 is 1.02 bits per heavy atom. The van der Waals surface area contributed by atoms with Gasteiger partial charge in [-0.25, -0.2) is 4.79 Å². The van der Waals surface area contributed by atoms with Crippen LogP contribution >= 0.6 is 23.5 Å². The molecule has 0 saturated carbocycles. The van der Waals surface area contributed by atoms with E-state index in [1.54, 1.807) is 0 Å². The number of carbonyl (C=O) groups is 8. The van der Waals surface area contributed by atoms with Crippen molar-refractivity contribution in [3.63, 3.8) is 0 Å². The zero-order valence-electron chi connectivity index (χ0n) is 38.8. The molecule has 14 N–H and O–H groups in total. The normalized spacial score (nSPS) is 14.7. The lowest BCUT2D eigenvalue weighted by Gasteiger charge is -2.29. The van der Waals surface area contributed by atoms with Gasteiger partial charge in [0, 0.05) is 0 Å². The molecule has 0 heterocycles. The minimum Gasteiger partial charge on any atom is -0.480 e. The number of carboxylic acids is 1. The number of thioether (sulfide) groups is 2. The molecule has 0 unspecified atom stereocenters. The van der Waals surface area contributed by atoms with Crippen molar-refractivity contribution in [3.05, 3.63) is 0 Å². The summed E-state index contributed by atoms with van der Waals surface area (Å²) in [6.45, 7) is 11.6. The van der Waals surface area contributed by atoms with Gasteiger partial charge in [0.2, 0.25) is 41.4 Å². The molecule has 0 aromatic carbocycles. The average Bonchev–Trinajstić information content (AvgIpc) is 3.21. The Morgan fingerprint density at radius 2 is 0.714 bits per heavy atom. The smallest absolute Gasteiger partial charge is 0.326 e. The van der Waals surface area contributed by atoms with Crippen LogP contribution in [0.4, 0.5) is 0 Å². The van der Waals surface area contributed by atoms with E-state index in [9.17, 15) is 43.5 Å². The predicted octanol–water partition coefficient (Wildman–Crippen LogP) is 0.326. The van der Waals surface area contributed by atoms with Crippen LogP contribution in [-0.4, -0.2) is 138 Å². The van der Waals surface area contributed by atoms with Crippen LogP contribution in [0.3, 0.4) is 0 Å². The molecule has 0 spiro atoms. The molecule has 21 heteroatoms. The summed E-state index contributed by atoms with van der Waals surface area (Å²) in [6.07, 6.45) is 7.22. The van der Waals surface area contributed by atoms with Crippen molar-refractivity contribution in [2.24, 2.45) is 35.0 Å². The van der Waals surface area contributed by atoms with E-state index in [4.69, 9.17) is 17.2 Å². The lowest BCUT2D eigenvalue weighted by atomic mass is 9.98. The minimum atomic E-state index is -1.21. The SMILES string of the molecule is CSCC[C@H](NC(=O)CN)C(=O)N[C@@H](CCSC)C(=O)N[C@@H](CC(C)C)C(=O)N[C@@H](CC(C)C)C(=O)N[C@@H](CC(C)C)C(=O)N[C@@H](CCCCN)C(=O)N[C@@H](CCCCN)C(=O)O. The topological polar surface area (TPSA) is 319 Å². The van der Waals surface area contributed by atoms with E-state index in [1.807, 2.05) is 54.1 Å². The standard InChI is InChI=1S/C42H80N10O9S2/c1-25(2)21-32(39(57)47-28(13-9-11-17-43)36(54)49-31(42(60)61)14-10-12-18-44)51-41(59)34(23-27(5)6)52-40(58)33(22-26(3)4)50-38(56)30(16-20-63-8)48-37(55)29(15-19-62-7)46-35(53)24-45/h25-34H,9-24,43-45H2,1-8H3,(H,46,53)(H,47,57)(H,48,55)(H,49,54)(H,50,56)(H,51,59)(H,52,58)(H,60,61)/t28-,29-,30-,31-,32-,33-,34-/m0/s1. The van der Waals surface area contributed by atoms with E-state index in [1.165, 1.54) is 23.5 Å². The van der Waals surface area contributed by atoms with Crippen LogP contribution in [0.2, 0.25) is 0 Å². The number of carbonyl (C=O) groups excluding carboxylic acids is 7. The fourth-order valence-electron chi connectivity index (χ4n) is 6.52. The van der Waals surface area contributed by atoms with Gasteiger partial charge in [0.05, 0.1) is 6.54 Å². The lowest BCUT2D eigenvalue weighted by molar-refractivity contribution is -0.142. The first-order valence-corrected chi connectivity index (χ1v) is 25.0. The van der Waals surface area contributed by atoms with E-state index >= 15 is 0 Å². The lowest BCUT2D eigenvalue weighted by Crippen LogP contribution is -2.60. The summed E-state index contributed by atoms with van der Waals surface area (Å²) >= 11 is 2.96. The molecule has 0 saturated heterocycles. The Labute approximate surface area is 383 Å². The molecule has 63 heavy (non-hydrogen) atoms. The minimum absolute atomic E-state index is 0.0779. The van der Waals surface area contributed by atoms with Crippen LogP contribution in [0, 0.1) is 17.8 Å². The average molecular weight is 933 g/mol. The first-order chi connectivity index (χ1) is 29.7. The first-order valence-electron chi connectivity index (χ1n) is 22.2. The summed E-state index contributed by atoms with van der Waals surface area (Å²) in [5.41, 5.74) is 16.7. The summed E-state index contributed by atoms with van der Waals surface area (Å²) < 4.78 is 0. The van der Waals surface area contributed by atoms with Crippen molar-refractivity contribution in [2.75, 3.05) is 43.7 Å². The van der Waals surface area contributed by atoms with E-state index in [-0.39, 0.29) is 62.8 Å². The quantitative estimate of drug-likeness (QED) is 0.0382. The molecule has 0 aliphatic heterocycles. The molecule has 7 amide bonds. The summed E-state index contributed by atoms with van der Waals surface area (Å²) in [5, 5.41) is 28.8. The van der Waals surface area contributed by atoms with E-state index in [0.717, 1.165) is 0 Å². The molecular weight excluding hydrogens is 853 g/mol. The number of hydrogen-bond donors (Lipinski definition) is 11. The van der Waals surface area contributed by atoms with Crippen LogP contribution in [0.25, 0.3) is 0 Å². The molecule has 7 atom stereocenters. The number of hydrogen-bond acceptors (Lipinski definition) is 13. The zero-order chi connectivity index (χ0) is 48.1. The highest BCUT2D eigenvalue weighted by Gasteiger charge is 2.34. The number of rotatable bonds is 35. The summed E-state index contributed by atoms with van der Waals surface area (Å²) in [4.78, 5) is 107. The summed E-state index contributed by atoms with van der Waals surface area (Å²) in [7, 11) is 0.